The van der Waals surface area contributed by atoms with Crippen LogP contribution in [0.1, 0.15) is 44.6 Å². The summed E-state index contributed by atoms with van der Waals surface area (Å²) in [4.78, 5) is 39.3. The Hall–Kier alpha value is -3.30. The van der Waals surface area contributed by atoms with Crippen LogP contribution in [0.2, 0.25) is 0 Å². The van der Waals surface area contributed by atoms with E-state index in [1.807, 2.05) is 54.1 Å². The first-order valence-electron chi connectivity index (χ1n) is 10.5. The normalized spacial score (nSPS) is 15.2. The highest BCUT2D eigenvalue weighted by Crippen LogP contribution is 2.35. The van der Waals surface area contributed by atoms with Gasteiger partial charge in [-0.2, -0.15) is 5.10 Å². The zero-order chi connectivity index (χ0) is 23.2. The van der Waals surface area contributed by atoms with Crippen LogP contribution in [-0.2, 0) is 14.3 Å². The molecule has 33 heavy (non-hydrogen) atoms. The second-order valence-electron chi connectivity index (χ2n) is 7.48. The van der Waals surface area contributed by atoms with Gasteiger partial charge in [0.1, 0.15) is 0 Å². The second-order valence-corrected chi connectivity index (χ2v) is 9.41. The number of aryl methyl sites for hydroxylation is 1. The van der Waals surface area contributed by atoms with Crippen molar-refractivity contribution in [1.82, 2.24) is 10.3 Å². The van der Waals surface area contributed by atoms with Gasteiger partial charge in [-0.25, -0.2) is 5.01 Å². The number of esters is 1. The first-order chi connectivity index (χ1) is 16.0. The molecular formula is C24H23N3O4S2. The molecular weight excluding hydrogens is 458 g/mol. The van der Waals surface area contributed by atoms with E-state index in [9.17, 15) is 14.4 Å². The molecule has 2 aromatic heterocycles. The van der Waals surface area contributed by atoms with Crippen LogP contribution in [0, 0.1) is 6.92 Å². The number of amides is 2. The topological polar surface area (TPSA) is 88.1 Å². The van der Waals surface area contributed by atoms with Crippen LogP contribution in [0.5, 0.6) is 0 Å². The van der Waals surface area contributed by atoms with Crippen LogP contribution in [0.15, 0.2) is 64.4 Å². The van der Waals surface area contributed by atoms with Crippen LogP contribution in [0.25, 0.3) is 0 Å². The molecule has 3 aromatic rings. The molecule has 0 aliphatic carbocycles. The Morgan fingerprint density at radius 1 is 1.09 bits per heavy atom. The van der Waals surface area contributed by atoms with Crippen molar-refractivity contribution in [3.05, 3.63) is 80.2 Å². The number of nitrogens with one attached hydrogen (secondary N) is 1. The summed E-state index contributed by atoms with van der Waals surface area (Å²) in [6.07, 6.45) is 0.592. The highest BCUT2D eigenvalue weighted by Gasteiger charge is 2.34. The summed E-state index contributed by atoms with van der Waals surface area (Å²) in [7, 11) is 0. The van der Waals surface area contributed by atoms with Gasteiger partial charge in [-0.1, -0.05) is 30.3 Å². The molecule has 2 amide bonds. The number of hydrogen-bond acceptors (Lipinski definition) is 7. The number of carbonyl (C=O) groups excluding carboxylic acids is 3. The zero-order valence-electron chi connectivity index (χ0n) is 18.0. The van der Waals surface area contributed by atoms with Crippen LogP contribution >= 0.6 is 22.7 Å². The van der Waals surface area contributed by atoms with E-state index in [4.69, 9.17) is 4.74 Å². The molecule has 1 atom stereocenters. The fraction of sp³-hybridized carbons (Fsp3) is 0.250. The Morgan fingerprint density at radius 3 is 2.61 bits per heavy atom. The molecule has 1 aliphatic heterocycles. The summed E-state index contributed by atoms with van der Waals surface area (Å²) in [5, 5.41) is 12.6. The minimum absolute atomic E-state index is 0.0248. The smallest absolute Gasteiger partial charge is 0.308 e. The predicted molar refractivity (Wildman–Crippen MR) is 128 cm³/mol. The van der Waals surface area contributed by atoms with Gasteiger partial charge in [0.2, 0.25) is 0 Å². The van der Waals surface area contributed by atoms with Gasteiger partial charge in [-0.3, -0.25) is 14.4 Å². The van der Waals surface area contributed by atoms with Crippen molar-refractivity contribution in [3.63, 3.8) is 0 Å². The lowest BCUT2D eigenvalue weighted by Gasteiger charge is -2.20. The van der Waals surface area contributed by atoms with Crippen LogP contribution in [0.4, 0.5) is 0 Å². The van der Waals surface area contributed by atoms with E-state index < -0.39 is 12.6 Å². The summed E-state index contributed by atoms with van der Waals surface area (Å²) in [6.45, 7) is 1.58. The van der Waals surface area contributed by atoms with E-state index in [-0.39, 0.29) is 30.8 Å². The number of rotatable bonds is 8. The molecule has 0 saturated heterocycles. The fourth-order valence-corrected chi connectivity index (χ4v) is 5.05. The summed E-state index contributed by atoms with van der Waals surface area (Å²) in [5.41, 5.74) is 2.27. The van der Waals surface area contributed by atoms with Gasteiger partial charge < -0.3 is 10.1 Å². The number of thiophene rings is 2. The molecule has 1 aromatic carbocycles. The van der Waals surface area contributed by atoms with Crippen molar-refractivity contribution in [3.8, 4) is 0 Å². The number of benzene rings is 1. The number of ether oxygens (including phenoxy) is 1. The van der Waals surface area contributed by atoms with Crippen LogP contribution < -0.4 is 5.32 Å². The average Bonchev–Trinajstić information content (AvgIpc) is 3.58. The van der Waals surface area contributed by atoms with Gasteiger partial charge in [0, 0.05) is 23.4 Å². The average molecular weight is 482 g/mol. The molecule has 1 N–H and O–H groups in total. The molecule has 0 fully saturated rings. The molecule has 7 nitrogen and oxygen atoms in total. The maximum absolute atomic E-state index is 12.9. The van der Waals surface area contributed by atoms with E-state index in [2.05, 4.69) is 10.4 Å². The first-order valence-corrected chi connectivity index (χ1v) is 12.2. The Balaban J connectivity index is 1.30. The lowest BCUT2D eigenvalue weighted by atomic mass is 10.1. The molecule has 0 bridgehead atoms. The fourth-order valence-electron chi connectivity index (χ4n) is 3.52. The van der Waals surface area contributed by atoms with E-state index in [0.29, 0.717) is 12.0 Å². The highest BCUT2D eigenvalue weighted by molar-refractivity contribution is 7.12. The first kappa shape index (κ1) is 22.9. The van der Waals surface area contributed by atoms with Crippen molar-refractivity contribution in [2.75, 3.05) is 13.2 Å². The third kappa shape index (κ3) is 5.55. The quantitative estimate of drug-likeness (QED) is 0.490. The molecule has 0 saturated carbocycles. The lowest BCUT2D eigenvalue weighted by Crippen LogP contribution is -2.32. The second kappa shape index (κ2) is 10.5. The third-order valence-corrected chi connectivity index (χ3v) is 7.10. The molecule has 4 rings (SSSR count). The van der Waals surface area contributed by atoms with Gasteiger partial charge in [-0.15, -0.1) is 22.7 Å². The summed E-state index contributed by atoms with van der Waals surface area (Å²) >= 11 is 3.14. The third-order valence-electron chi connectivity index (χ3n) is 5.20. The molecule has 1 aliphatic rings. The Labute approximate surface area is 199 Å². The number of hydrogen-bond donors (Lipinski definition) is 1. The minimum Gasteiger partial charge on any atom is -0.455 e. The number of carbonyl (C=O) groups is 3. The van der Waals surface area contributed by atoms with Crippen molar-refractivity contribution >= 4 is 46.2 Å². The maximum atomic E-state index is 12.9. The summed E-state index contributed by atoms with van der Waals surface area (Å²) in [6, 6.07) is 14.9. The monoisotopic (exact) mass is 481 g/mol. The SMILES string of the molecule is Cc1ccccc1C(=O)NCCC(=O)OCC(=O)N1N=C(c2cccs2)CC1c1cccs1. The van der Waals surface area contributed by atoms with E-state index in [1.54, 1.807) is 34.8 Å². The minimum atomic E-state index is -0.553. The largest absolute Gasteiger partial charge is 0.455 e. The van der Waals surface area contributed by atoms with Gasteiger partial charge in [0.25, 0.3) is 11.8 Å². The van der Waals surface area contributed by atoms with Crippen molar-refractivity contribution in [1.29, 1.82) is 0 Å². The van der Waals surface area contributed by atoms with Crippen molar-refractivity contribution < 1.29 is 19.1 Å². The standard InChI is InChI=1S/C24H23N3O4S2/c1-16-6-2-3-7-17(16)24(30)25-11-10-23(29)31-15-22(28)27-19(21-9-5-13-33-21)14-18(26-27)20-8-4-12-32-20/h2-9,12-13,19H,10-11,14-15H2,1H3,(H,25,30). The maximum Gasteiger partial charge on any atom is 0.308 e. The lowest BCUT2D eigenvalue weighted by molar-refractivity contribution is -0.152. The molecule has 170 valence electrons. The molecule has 9 heteroatoms. The highest BCUT2D eigenvalue weighted by atomic mass is 32.1. The van der Waals surface area contributed by atoms with Crippen LogP contribution in [0.3, 0.4) is 0 Å². The van der Waals surface area contributed by atoms with Gasteiger partial charge in [0.05, 0.1) is 23.1 Å². The van der Waals surface area contributed by atoms with E-state index in [1.165, 1.54) is 5.01 Å². The predicted octanol–water partition coefficient (Wildman–Crippen LogP) is 4.16. The number of hydrazone groups is 1. The van der Waals surface area contributed by atoms with Gasteiger partial charge in [0.15, 0.2) is 6.61 Å². The summed E-state index contributed by atoms with van der Waals surface area (Å²) < 4.78 is 5.17. The Morgan fingerprint density at radius 2 is 1.88 bits per heavy atom. The molecule has 3 heterocycles. The van der Waals surface area contributed by atoms with Crippen molar-refractivity contribution in [2.24, 2.45) is 5.10 Å². The summed E-state index contributed by atoms with van der Waals surface area (Å²) in [5.74, 6) is -1.18. The van der Waals surface area contributed by atoms with Crippen molar-refractivity contribution in [2.45, 2.75) is 25.8 Å². The molecule has 0 spiro atoms. The molecule has 0 radical (unpaired) electrons. The van der Waals surface area contributed by atoms with E-state index >= 15 is 0 Å². The van der Waals surface area contributed by atoms with Gasteiger partial charge >= 0.3 is 5.97 Å². The Kier molecular flexibility index (Phi) is 7.31. The Bertz CT molecular complexity index is 1160. The zero-order valence-corrected chi connectivity index (χ0v) is 19.7. The van der Waals surface area contributed by atoms with E-state index in [0.717, 1.165) is 21.0 Å². The van der Waals surface area contributed by atoms with Crippen LogP contribution in [-0.4, -0.2) is 41.7 Å². The number of nitrogens with zero attached hydrogens (tertiary/aromatic N) is 2. The van der Waals surface area contributed by atoms with Gasteiger partial charge in [-0.05, 0) is 41.4 Å². The molecule has 1 unspecified atom stereocenters.